The summed E-state index contributed by atoms with van der Waals surface area (Å²) in [5.74, 6) is 1.66. The van der Waals surface area contributed by atoms with Crippen LogP contribution in [0.4, 0.5) is 0 Å². The first kappa shape index (κ1) is 21.3. The average Bonchev–Trinajstić information content (AvgIpc) is 3.28. The average molecular weight is 410 g/mol. The highest BCUT2D eigenvalue weighted by Crippen LogP contribution is 2.32. The van der Waals surface area contributed by atoms with Gasteiger partial charge < -0.3 is 14.6 Å². The number of hydrogen-bond donors (Lipinski definition) is 2. The van der Waals surface area contributed by atoms with E-state index in [4.69, 9.17) is 9.47 Å². The SMILES string of the molecule is Cc1c(OCCCCOc2ccc(-c3nn[nH]n3)cc2)ccc(C(=O)C(C)C)c1O. The first-order valence-electron chi connectivity index (χ1n) is 9.93. The van der Waals surface area contributed by atoms with Gasteiger partial charge in [-0.25, -0.2) is 0 Å². The largest absolute Gasteiger partial charge is 0.507 e. The number of carbonyl (C=O) groups is 1. The van der Waals surface area contributed by atoms with Crippen molar-refractivity contribution >= 4 is 5.78 Å². The second-order valence-electron chi connectivity index (χ2n) is 7.27. The Morgan fingerprint density at radius 2 is 1.77 bits per heavy atom. The van der Waals surface area contributed by atoms with Gasteiger partial charge in [0.2, 0.25) is 5.82 Å². The minimum atomic E-state index is -0.169. The number of aromatic amines is 1. The van der Waals surface area contributed by atoms with Crippen molar-refractivity contribution in [2.45, 2.75) is 33.6 Å². The third kappa shape index (κ3) is 5.14. The maximum absolute atomic E-state index is 12.1. The second kappa shape index (κ2) is 9.87. The Morgan fingerprint density at radius 3 is 2.40 bits per heavy atom. The quantitative estimate of drug-likeness (QED) is 0.384. The van der Waals surface area contributed by atoms with E-state index in [1.165, 1.54) is 0 Å². The number of rotatable bonds is 10. The smallest absolute Gasteiger partial charge is 0.204 e. The molecule has 0 amide bonds. The van der Waals surface area contributed by atoms with Gasteiger partial charge in [-0.15, -0.1) is 10.2 Å². The summed E-state index contributed by atoms with van der Waals surface area (Å²) in [5.41, 5.74) is 1.79. The lowest BCUT2D eigenvalue weighted by atomic mass is 9.98. The van der Waals surface area contributed by atoms with E-state index in [0.29, 0.717) is 35.9 Å². The molecule has 0 aliphatic carbocycles. The lowest BCUT2D eigenvalue weighted by molar-refractivity contribution is 0.0936. The molecule has 1 aromatic heterocycles. The molecule has 0 spiro atoms. The third-order valence-electron chi connectivity index (χ3n) is 4.69. The molecule has 0 fully saturated rings. The first-order chi connectivity index (χ1) is 14.5. The van der Waals surface area contributed by atoms with Crippen LogP contribution in [0.1, 0.15) is 42.6 Å². The zero-order valence-electron chi connectivity index (χ0n) is 17.4. The zero-order valence-corrected chi connectivity index (χ0v) is 17.4. The van der Waals surface area contributed by atoms with Crippen molar-refractivity contribution in [3.63, 3.8) is 0 Å². The molecule has 8 nitrogen and oxygen atoms in total. The number of nitrogens with one attached hydrogen (secondary N) is 1. The summed E-state index contributed by atoms with van der Waals surface area (Å²) >= 11 is 0. The normalized spacial score (nSPS) is 10.9. The molecule has 0 unspecified atom stereocenters. The molecular formula is C22H26N4O4. The molecule has 0 saturated heterocycles. The van der Waals surface area contributed by atoms with Crippen molar-refractivity contribution in [1.82, 2.24) is 20.6 Å². The molecule has 8 heteroatoms. The molecule has 0 aliphatic rings. The lowest BCUT2D eigenvalue weighted by Crippen LogP contribution is -2.09. The van der Waals surface area contributed by atoms with E-state index in [0.717, 1.165) is 24.2 Å². The van der Waals surface area contributed by atoms with E-state index in [-0.39, 0.29) is 17.5 Å². The molecule has 2 aromatic carbocycles. The van der Waals surface area contributed by atoms with Crippen LogP contribution in [-0.2, 0) is 0 Å². The molecule has 3 rings (SSSR count). The van der Waals surface area contributed by atoms with Crippen molar-refractivity contribution in [3.8, 4) is 28.6 Å². The summed E-state index contributed by atoms with van der Waals surface area (Å²) in [6, 6.07) is 10.9. The van der Waals surface area contributed by atoms with E-state index >= 15 is 0 Å². The van der Waals surface area contributed by atoms with Crippen molar-refractivity contribution in [3.05, 3.63) is 47.5 Å². The van der Waals surface area contributed by atoms with Gasteiger partial charge in [0.15, 0.2) is 5.78 Å². The molecule has 158 valence electrons. The highest BCUT2D eigenvalue weighted by Gasteiger charge is 2.18. The van der Waals surface area contributed by atoms with Gasteiger partial charge in [-0.3, -0.25) is 4.79 Å². The van der Waals surface area contributed by atoms with Gasteiger partial charge in [0.25, 0.3) is 0 Å². The monoisotopic (exact) mass is 410 g/mol. The number of ether oxygens (including phenoxy) is 2. The maximum Gasteiger partial charge on any atom is 0.204 e. The number of phenols is 1. The number of unbranched alkanes of at least 4 members (excludes halogenated alkanes) is 1. The van der Waals surface area contributed by atoms with Gasteiger partial charge >= 0.3 is 0 Å². The number of aromatic hydroxyl groups is 1. The van der Waals surface area contributed by atoms with E-state index in [1.807, 2.05) is 38.1 Å². The molecule has 0 aliphatic heterocycles. The molecule has 0 bridgehead atoms. The maximum atomic E-state index is 12.1. The fourth-order valence-corrected chi connectivity index (χ4v) is 2.91. The van der Waals surface area contributed by atoms with Gasteiger partial charge in [-0.05, 0) is 61.4 Å². The van der Waals surface area contributed by atoms with E-state index in [2.05, 4.69) is 20.6 Å². The van der Waals surface area contributed by atoms with Crippen LogP contribution in [0.5, 0.6) is 17.2 Å². The highest BCUT2D eigenvalue weighted by atomic mass is 16.5. The van der Waals surface area contributed by atoms with E-state index in [1.54, 1.807) is 19.1 Å². The molecule has 0 atom stereocenters. The van der Waals surface area contributed by atoms with Gasteiger partial charge in [0, 0.05) is 17.0 Å². The number of phenolic OH excluding ortho intramolecular Hbond substituents is 1. The molecule has 1 heterocycles. The topological polar surface area (TPSA) is 110 Å². The number of aromatic nitrogens is 4. The summed E-state index contributed by atoms with van der Waals surface area (Å²) in [7, 11) is 0. The van der Waals surface area contributed by atoms with Crippen LogP contribution in [0.25, 0.3) is 11.4 Å². The number of nitrogens with zero attached hydrogens (tertiary/aromatic N) is 3. The van der Waals surface area contributed by atoms with Crippen molar-refractivity contribution in [2.24, 2.45) is 5.92 Å². The summed E-state index contributed by atoms with van der Waals surface area (Å²) < 4.78 is 11.5. The number of carbonyl (C=O) groups excluding carboxylic acids is 1. The summed E-state index contributed by atoms with van der Waals surface area (Å²) in [6.45, 7) is 6.44. The standard InChI is InChI=1S/C22H26N4O4/c1-14(2)20(27)18-10-11-19(15(3)21(18)28)30-13-5-4-12-29-17-8-6-16(7-9-17)22-23-25-26-24-22/h6-11,14,28H,4-5,12-13H2,1-3H3,(H,23,24,25,26). The molecular weight excluding hydrogens is 384 g/mol. The second-order valence-corrected chi connectivity index (χ2v) is 7.27. The number of hydrogen-bond acceptors (Lipinski definition) is 7. The lowest BCUT2D eigenvalue weighted by Gasteiger charge is -2.14. The van der Waals surface area contributed by atoms with E-state index < -0.39 is 0 Å². The predicted molar refractivity (Wildman–Crippen MR) is 112 cm³/mol. The zero-order chi connectivity index (χ0) is 21.5. The minimum Gasteiger partial charge on any atom is -0.507 e. The molecule has 3 aromatic rings. The van der Waals surface area contributed by atoms with Crippen LogP contribution in [0.2, 0.25) is 0 Å². The fraction of sp³-hybridized carbons (Fsp3) is 0.364. The van der Waals surface area contributed by atoms with Crippen LogP contribution in [0, 0.1) is 12.8 Å². The Bertz CT molecular complexity index is 970. The Morgan fingerprint density at radius 1 is 1.07 bits per heavy atom. The van der Waals surface area contributed by atoms with Gasteiger partial charge in [-0.1, -0.05) is 13.8 Å². The van der Waals surface area contributed by atoms with Gasteiger partial charge in [-0.2, -0.15) is 5.21 Å². The van der Waals surface area contributed by atoms with E-state index in [9.17, 15) is 9.90 Å². The summed E-state index contributed by atoms with van der Waals surface area (Å²) in [4.78, 5) is 12.1. The third-order valence-corrected chi connectivity index (χ3v) is 4.69. The number of Topliss-reactive ketones (excluding diaryl/α,β-unsaturated/α-hetero) is 1. The Hall–Kier alpha value is -3.42. The van der Waals surface area contributed by atoms with Crippen LogP contribution in [0.3, 0.4) is 0 Å². The number of ketones is 1. The van der Waals surface area contributed by atoms with Crippen LogP contribution < -0.4 is 9.47 Å². The Balaban J connectivity index is 1.41. The summed E-state index contributed by atoms with van der Waals surface area (Å²) in [5, 5.41) is 24.1. The molecule has 30 heavy (non-hydrogen) atoms. The fourth-order valence-electron chi connectivity index (χ4n) is 2.91. The van der Waals surface area contributed by atoms with Gasteiger partial charge in [0.05, 0.1) is 18.8 Å². The van der Waals surface area contributed by atoms with Crippen molar-refractivity contribution < 1.29 is 19.4 Å². The Labute approximate surface area is 175 Å². The number of benzene rings is 2. The van der Waals surface area contributed by atoms with Crippen LogP contribution in [-0.4, -0.2) is 44.7 Å². The number of H-pyrrole nitrogens is 1. The molecule has 0 radical (unpaired) electrons. The van der Waals surface area contributed by atoms with Crippen molar-refractivity contribution in [1.29, 1.82) is 0 Å². The van der Waals surface area contributed by atoms with Crippen LogP contribution >= 0.6 is 0 Å². The first-order valence-corrected chi connectivity index (χ1v) is 9.93. The Kier molecular flexibility index (Phi) is 7.00. The molecule has 2 N–H and O–H groups in total. The predicted octanol–water partition coefficient (Wildman–Crippen LogP) is 3.96. The van der Waals surface area contributed by atoms with Gasteiger partial charge in [0.1, 0.15) is 17.2 Å². The highest BCUT2D eigenvalue weighted by molar-refractivity contribution is 6.00. The number of tetrazole rings is 1. The molecule has 0 saturated carbocycles. The summed E-state index contributed by atoms with van der Waals surface area (Å²) in [6.07, 6.45) is 1.62. The van der Waals surface area contributed by atoms with Crippen LogP contribution in [0.15, 0.2) is 36.4 Å². The minimum absolute atomic E-state index is 0.00111. The van der Waals surface area contributed by atoms with Crippen molar-refractivity contribution in [2.75, 3.05) is 13.2 Å².